The molecule has 5 N–H and O–H groups in total. The Morgan fingerprint density at radius 3 is 3.05 bits per heavy atom. The second-order valence-corrected chi connectivity index (χ2v) is 3.83. The third kappa shape index (κ3) is 3.75. The molecule has 0 saturated heterocycles. The Hall–Kier alpha value is -2.48. The molecular formula is C11H15N7O. The number of anilines is 1. The van der Waals surface area contributed by atoms with Crippen molar-refractivity contribution in [3.63, 3.8) is 0 Å². The van der Waals surface area contributed by atoms with Crippen molar-refractivity contribution in [3.05, 3.63) is 36.3 Å². The number of hydrazine groups is 1. The molecule has 0 aliphatic heterocycles. The molecule has 0 atom stereocenters. The largest absolute Gasteiger partial charge is 0.351 e. The minimum absolute atomic E-state index is 0.230. The first-order chi connectivity index (χ1) is 9.29. The summed E-state index contributed by atoms with van der Waals surface area (Å²) in [7, 11) is 0. The van der Waals surface area contributed by atoms with Gasteiger partial charge >= 0.3 is 0 Å². The Balaban J connectivity index is 1.77. The lowest BCUT2D eigenvalue weighted by atomic mass is 10.3. The van der Waals surface area contributed by atoms with E-state index in [1.165, 1.54) is 12.4 Å². The maximum absolute atomic E-state index is 11.8. The lowest BCUT2D eigenvalue weighted by Gasteiger charge is -2.05. The number of imidazole rings is 1. The molecule has 2 rings (SSSR count). The van der Waals surface area contributed by atoms with Gasteiger partial charge in [-0.05, 0) is 6.42 Å². The molecule has 8 heteroatoms. The molecular weight excluding hydrogens is 246 g/mol. The molecule has 2 aromatic rings. The molecule has 1 amide bonds. The molecule has 0 bridgehead atoms. The Labute approximate surface area is 109 Å². The summed E-state index contributed by atoms with van der Waals surface area (Å²) in [6.45, 7) is 0.543. The van der Waals surface area contributed by atoms with Crippen LogP contribution in [0.15, 0.2) is 24.8 Å². The van der Waals surface area contributed by atoms with E-state index in [1.54, 1.807) is 12.4 Å². The fraction of sp³-hybridized carbons (Fsp3) is 0.273. The van der Waals surface area contributed by atoms with Crippen LogP contribution in [0.1, 0.15) is 22.7 Å². The van der Waals surface area contributed by atoms with Gasteiger partial charge in [-0.25, -0.2) is 15.8 Å². The molecule has 0 aliphatic rings. The van der Waals surface area contributed by atoms with Gasteiger partial charge < -0.3 is 15.7 Å². The van der Waals surface area contributed by atoms with Crippen molar-refractivity contribution in [1.29, 1.82) is 0 Å². The highest BCUT2D eigenvalue weighted by molar-refractivity contribution is 5.92. The van der Waals surface area contributed by atoms with Gasteiger partial charge in [0, 0.05) is 25.4 Å². The Morgan fingerprint density at radius 2 is 2.32 bits per heavy atom. The van der Waals surface area contributed by atoms with E-state index in [2.05, 4.69) is 30.7 Å². The van der Waals surface area contributed by atoms with Gasteiger partial charge in [0.1, 0.15) is 11.5 Å². The number of nitrogens with zero attached hydrogens (tertiary/aromatic N) is 3. The zero-order valence-corrected chi connectivity index (χ0v) is 10.3. The Morgan fingerprint density at radius 1 is 1.42 bits per heavy atom. The van der Waals surface area contributed by atoms with Crippen LogP contribution < -0.4 is 16.6 Å². The van der Waals surface area contributed by atoms with Crippen molar-refractivity contribution in [3.8, 4) is 0 Å². The normalized spacial score (nSPS) is 10.2. The van der Waals surface area contributed by atoms with E-state index >= 15 is 0 Å². The summed E-state index contributed by atoms with van der Waals surface area (Å²) in [6.07, 6.45) is 7.88. The summed E-state index contributed by atoms with van der Waals surface area (Å²) in [4.78, 5) is 26.7. The smallest absolute Gasteiger partial charge is 0.271 e. The maximum Gasteiger partial charge on any atom is 0.271 e. The van der Waals surface area contributed by atoms with Crippen molar-refractivity contribution in [1.82, 2.24) is 25.3 Å². The fourth-order valence-corrected chi connectivity index (χ4v) is 1.53. The van der Waals surface area contributed by atoms with E-state index in [-0.39, 0.29) is 11.6 Å². The van der Waals surface area contributed by atoms with Gasteiger partial charge in [0.25, 0.3) is 5.91 Å². The summed E-state index contributed by atoms with van der Waals surface area (Å²) < 4.78 is 0. The molecule has 0 aromatic carbocycles. The van der Waals surface area contributed by atoms with E-state index in [4.69, 9.17) is 5.84 Å². The number of aryl methyl sites for hydroxylation is 1. The number of carbonyl (C=O) groups excluding carboxylic acids is 1. The molecule has 8 nitrogen and oxygen atoms in total. The van der Waals surface area contributed by atoms with Crippen molar-refractivity contribution < 1.29 is 4.79 Å². The van der Waals surface area contributed by atoms with Crippen LogP contribution in [-0.2, 0) is 6.42 Å². The van der Waals surface area contributed by atoms with E-state index in [1.807, 2.05) is 0 Å². The monoisotopic (exact) mass is 261 g/mol. The second-order valence-electron chi connectivity index (χ2n) is 3.83. The third-order valence-corrected chi connectivity index (χ3v) is 2.45. The SMILES string of the molecule is NNc1cncc(C(=O)NCCCc2ncc[nH]2)n1. The molecule has 2 heterocycles. The minimum Gasteiger partial charge on any atom is -0.351 e. The average molecular weight is 261 g/mol. The number of aromatic nitrogens is 4. The predicted octanol–water partition coefficient (Wildman–Crippen LogP) is -0.152. The van der Waals surface area contributed by atoms with Gasteiger partial charge in [-0.1, -0.05) is 0 Å². The molecule has 0 saturated carbocycles. The van der Waals surface area contributed by atoms with Crippen LogP contribution in [0.2, 0.25) is 0 Å². The maximum atomic E-state index is 11.8. The molecule has 19 heavy (non-hydrogen) atoms. The molecule has 0 spiro atoms. The number of hydrogen-bond donors (Lipinski definition) is 4. The summed E-state index contributed by atoms with van der Waals surface area (Å²) in [5, 5.41) is 2.76. The van der Waals surface area contributed by atoms with Crippen molar-refractivity contribution in [2.45, 2.75) is 12.8 Å². The zero-order valence-electron chi connectivity index (χ0n) is 10.3. The summed E-state index contributed by atoms with van der Waals surface area (Å²) in [6, 6.07) is 0. The Kier molecular flexibility index (Phi) is 4.40. The number of H-pyrrole nitrogens is 1. The molecule has 100 valence electrons. The van der Waals surface area contributed by atoms with Gasteiger partial charge in [-0.2, -0.15) is 0 Å². The van der Waals surface area contributed by atoms with Crippen molar-refractivity contribution in [2.24, 2.45) is 5.84 Å². The number of nitrogens with two attached hydrogens (primary N) is 1. The van der Waals surface area contributed by atoms with Gasteiger partial charge in [-0.15, -0.1) is 0 Å². The highest BCUT2D eigenvalue weighted by Gasteiger charge is 2.07. The second kappa shape index (κ2) is 6.45. The number of rotatable bonds is 6. The van der Waals surface area contributed by atoms with E-state index in [0.717, 1.165) is 18.7 Å². The van der Waals surface area contributed by atoms with Crippen LogP contribution in [-0.4, -0.2) is 32.4 Å². The summed E-state index contributed by atoms with van der Waals surface area (Å²) >= 11 is 0. The van der Waals surface area contributed by atoms with Crippen LogP contribution in [0.5, 0.6) is 0 Å². The summed E-state index contributed by atoms with van der Waals surface area (Å²) in [5.74, 6) is 6.18. The minimum atomic E-state index is -0.274. The van der Waals surface area contributed by atoms with Gasteiger partial charge in [-0.3, -0.25) is 9.78 Å². The fourth-order valence-electron chi connectivity index (χ4n) is 1.53. The number of nitrogen functional groups attached to an aromatic ring is 1. The molecule has 2 aromatic heterocycles. The molecule has 0 fully saturated rings. The average Bonchev–Trinajstić information content (AvgIpc) is 2.96. The van der Waals surface area contributed by atoms with Crippen LogP contribution >= 0.6 is 0 Å². The van der Waals surface area contributed by atoms with E-state index in [9.17, 15) is 4.79 Å². The van der Waals surface area contributed by atoms with E-state index < -0.39 is 0 Å². The molecule has 0 aliphatic carbocycles. The van der Waals surface area contributed by atoms with Crippen molar-refractivity contribution >= 4 is 11.7 Å². The van der Waals surface area contributed by atoms with Gasteiger partial charge in [0.2, 0.25) is 0 Å². The zero-order chi connectivity index (χ0) is 13.5. The lowest BCUT2D eigenvalue weighted by Crippen LogP contribution is -2.26. The van der Waals surface area contributed by atoms with Crippen LogP contribution in [0.25, 0.3) is 0 Å². The third-order valence-electron chi connectivity index (χ3n) is 2.45. The predicted molar refractivity (Wildman–Crippen MR) is 69.1 cm³/mol. The highest BCUT2D eigenvalue weighted by atomic mass is 16.1. The number of nitrogens with one attached hydrogen (secondary N) is 3. The van der Waals surface area contributed by atoms with Crippen LogP contribution in [0, 0.1) is 0 Å². The van der Waals surface area contributed by atoms with Gasteiger partial charge in [0.05, 0.1) is 12.4 Å². The number of aromatic amines is 1. The first-order valence-electron chi connectivity index (χ1n) is 5.84. The standard InChI is InChI=1S/C11H15N7O/c12-18-10-7-13-6-8(17-10)11(19)16-3-1-2-9-14-4-5-15-9/h4-7H,1-3,12H2,(H,14,15)(H,16,19)(H,17,18). The molecule has 0 radical (unpaired) electrons. The van der Waals surface area contributed by atoms with Crippen LogP contribution in [0.3, 0.4) is 0 Å². The summed E-state index contributed by atoms with van der Waals surface area (Å²) in [5.41, 5.74) is 2.57. The van der Waals surface area contributed by atoms with Gasteiger partial charge in [0.15, 0.2) is 5.82 Å². The number of amides is 1. The number of carbonyl (C=O) groups is 1. The lowest BCUT2D eigenvalue weighted by molar-refractivity contribution is 0.0948. The van der Waals surface area contributed by atoms with E-state index in [0.29, 0.717) is 12.4 Å². The molecule has 0 unspecified atom stereocenters. The topological polar surface area (TPSA) is 122 Å². The Bertz CT molecular complexity index is 526. The quantitative estimate of drug-likeness (QED) is 0.326. The highest BCUT2D eigenvalue weighted by Crippen LogP contribution is 2.00. The van der Waals surface area contributed by atoms with Crippen LogP contribution in [0.4, 0.5) is 5.82 Å². The first kappa shape index (κ1) is 13.0. The first-order valence-corrected chi connectivity index (χ1v) is 5.84. The number of hydrogen-bond acceptors (Lipinski definition) is 6. The van der Waals surface area contributed by atoms with Crippen molar-refractivity contribution in [2.75, 3.05) is 12.0 Å².